The number of rotatable bonds is 13. The molecule has 2 rings (SSSR count). The summed E-state index contributed by atoms with van der Waals surface area (Å²) in [6.07, 6.45) is -0.255. The first kappa shape index (κ1) is 41.6. The fourth-order valence-corrected chi connectivity index (χ4v) is 6.21. The molecule has 4 atom stereocenters. The van der Waals surface area contributed by atoms with Crippen molar-refractivity contribution in [3.63, 3.8) is 0 Å². The summed E-state index contributed by atoms with van der Waals surface area (Å²) in [5.41, 5.74) is 6.14. The van der Waals surface area contributed by atoms with Crippen LogP contribution in [-0.2, 0) is 44.8 Å². The second-order valence-electron chi connectivity index (χ2n) is 11.0. The number of carbonyl (C=O) groups excluding carboxylic acids is 7. The van der Waals surface area contributed by atoms with Crippen LogP contribution in [0.2, 0.25) is 0 Å². The Morgan fingerprint density at radius 3 is 2.26 bits per heavy atom. The van der Waals surface area contributed by atoms with Gasteiger partial charge in [0.25, 0.3) is 0 Å². The maximum Gasteiger partial charge on any atom is 0.305 e. The van der Waals surface area contributed by atoms with Gasteiger partial charge in [0.05, 0.1) is 25.3 Å². The van der Waals surface area contributed by atoms with Crippen molar-refractivity contribution in [3.8, 4) is 5.75 Å². The van der Waals surface area contributed by atoms with E-state index < -0.39 is 91.0 Å². The minimum atomic E-state index is -1.66. The molecule has 7 amide bonds. The zero-order chi connectivity index (χ0) is 37.1. The second kappa shape index (κ2) is 22.2. The largest absolute Gasteiger partial charge is 0.508 e. The second-order valence-corrected chi connectivity index (χ2v) is 13.1. The first-order valence-electron chi connectivity index (χ1n) is 15.7. The molecule has 1 saturated heterocycles. The lowest BCUT2D eigenvalue weighted by molar-refractivity contribution is -0.141. The molecule has 0 bridgehead atoms. The fraction of sp³-hybridized carbons (Fsp3) is 0.533. The molecule has 0 aromatic heterocycles. The molecule has 11 N–H and O–H groups in total. The third-order valence-electron chi connectivity index (χ3n) is 6.84. The molecule has 1 aromatic carbocycles. The minimum Gasteiger partial charge on any atom is -0.508 e. The number of nitrogens with two attached hydrogens (primary N) is 1. The van der Waals surface area contributed by atoms with Crippen LogP contribution in [0.3, 0.4) is 0 Å². The lowest BCUT2D eigenvalue weighted by Gasteiger charge is -2.25. The lowest BCUT2D eigenvalue weighted by Crippen LogP contribution is -2.58. The van der Waals surface area contributed by atoms with E-state index in [0.29, 0.717) is 30.8 Å². The molecule has 18 nitrogen and oxygen atoms in total. The normalized spacial score (nSPS) is 21.2. The van der Waals surface area contributed by atoms with Gasteiger partial charge in [0.2, 0.25) is 41.4 Å². The maximum absolute atomic E-state index is 13.6. The topological polar surface area (TPSA) is 287 Å². The molecule has 1 aliphatic heterocycles. The predicted octanol–water partition coefficient (Wildman–Crippen LogP) is -3.45. The number of nitrogens with one attached hydrogen (secondary N) is 7. The SMILES string of the molecule is CCNC(=O)CNC(=O)C1CSCC(=O)NC(Cc2ccc(O)cc2)C(=O)NC(CSCCCN)C(=O)NCC(=O)NC(CC(=O)O)C(=O)N1. The number of amides is 7. The molecule has 0 spiro atoms. The quantitative estimate of drug-likeness (QED) is 0.0882. The Morgan fingerprint density at radius 2 is 1.60 bits per heavy atom. The van der Waals surface area contributed by atoms with Crippen LogP contribution < -0.4 is 43.0 Å². The van der Waals surface area contributed by atoms with Crippen LogP contribution in [0.25, 0.3) is 0 Å². The summed E-state index contributed by atoms with van der Waals surface area (Å²) in [6, 6.07) is 0.548. The number of phenolic OH excluding ortho intramolecular Hbond substituents is 1. The van der Waals surface area contributed by atoms with Crippen molar-refractivity contribution in [2.45, 2.75) is 50.4 Å². The highest BCUT2D eigenvalue weighted by atomic mass is 32.2. The number of aromatic hydroxyl groups is 1. The molecule has 0 aliphatic carbocycles. The standard InChI is InChI=1S/C30H44N8O10S2/c1-2-32-23(40)12-33-28(46)22-15-50-16-25(42)36-19(10-17-4-6-18(39)7-5-17)29(47)37-21(14-49-9-3-8-31)27(45)34-13-24(41)35-20(11-26(43)44)30(48)38-22/h4-7,19-22,39H,2-3,8-16,31H2,1H3,(H,32,40)(H,33,46)(H,34,45)(H,35,41)(H,36,42)(H,37,47)(H,38,48)(H,43,44). The molecule has 1 aromatic rings. The van der Waals surface area contributed by atoms with Crippen molar-refractivity contribution in [1.29, 1.82) is 0 Å². The minimum absolute atomic E-state index is 0.00965. The average molecular weight is 741 g/mol. The van der Waals surface area contributed by atoms with E-state index in [9.17, 15) is 48.6 Å². The van der Waals surface area contributed by atoms with Crippen molar-refractivity contribution in [2.24, 2.45) is 5.73 Å². The van der Waals surface area contributed by atoms with Crippen molar-refractivity contribution in [3.05, 3.63) is 29.8 Å². The summed E-state index contributed by atoms with van der Waals surface area (Å²) in [5, 5.41) is 36.2. The van der Waals surface area contributed by atoms with Crippen LogP contribution >= 0.6 is 23.5 Å². The Labute approximate surface area is 296 Å². The number of likely N-dealkylation sites (N-methyl/N-ethyl adjacent to an activating group) is 1. The molecule has 50 heavy (non-hydrogen) atoms. The summed E-state index contributed by atoms with van der Waals surface area (Å²) >= 11 is 2.22. The Balaban J connectivity index is 2.39. The van der Waals surface area contributed by atoms with Gasteiger partial charge in [-0.1, -0.05) is 12.1 Å². The van der Waals surface area contributed by atoms with Gasteiger partial charge in [0.1, 0.15) is 29.9 Å². The molecule has 1 fully saturated rings. The first-order valence-corrected chi connectivity index (χ1v) is 18.0. The maximum atomic E-state index is 13.6. The Morgan fingerprint density at radius 1 is 0.920 bits per heavy atom. The molecular formula is C30H44N8O10S2. The highest BCUT2D eigenvalue weighted by molar-refractivity contribution is 8.00. The van der Waals surface area contributed by atoms with E-state index in [1.807, 2.05) is 0 Å². The zero-order valence-corrected chi connectivity index (χ0v) is 29.1. The number of carboxylic acids is 1. The number of phenols is 1. The molecule has 4 unspecified atom stereocenters. The van der Waals surface area contributed by atoms with Crippen LogP contribution in [0.15, 0.2) is 24.3 Å². The summed E-state index contributed by atoms with van der Waals surface area (Å²) in [6.45, 7) is 1.26. The molecule has 0 saturated carbocycles. The summed E-state index contributed by atoms with van der Waals surface area (Å²) < 4.78 is 0. The molecule has 1 aliphatic rings. The molecule has 276 valence electrons. The van der Waals surface area contributed by atoms with E-state index in [4.69, 9.17) is 5.73 Å². The summed E-state index contributed by atoms with van der Waals surface area (Å²) in [4.78, 5) is 102. The van der Waals surface area contributed by atoms with Crippen molar-refractivity contribution in [1.82, 2.24) is 37.2 Å². The number of carboxylic acid groups (broad SMARTS) is 1. The van der Waals surface area contributed by atoms with Crippen LogP contribution in [0.1, 0.15) is 25.3 Å². The van der Waals surface area contributed by atoms with E-state index >= 15 is 0 Å². The molecule has 1 heterocycles. The van der Waals surface area contributed by atoms with Gasteiger partial charge in [0, 0.05) is 24.5 Å². The number of carbonyl (C=O) groups is 8. The number of aliphatic carboxylic acids is 1. The Kier molecular flexibility index (Phi) is 18.5. The van der Waals surface area contributed by atoms with Gasteiger partial charge >= 0.3 is 5.97 Å². The van der Waals surface area contributed by atoms with Gasteiger partial charge in [-0.05, 0) is 43.3 Å². The monoisotopic (exact) mass is 740 g/mol. The highest BCUT2D eigenvalue weighted by Crippen LogP contribution is 2.13. The van der Waals surface area contributed by atoms with Gasteiger partial charge in [-0.3, -0.25) is 38.4 Å². The third kappa shape index (κ3) is 15.8. The van der Waals surface area contributed by atoms with Crippen molar-refractivity contribution >= 4 is 70.8 Å². The van der Waals surface area contributed by atoms with Crippen LogP contribution in [-0.4, -0.2) is 131 Å². The van der Waals surface area contributed by atoms with Gasteiger partial charge < -0.3 is 53.2 Å². The molecular weight excluding hydrogens is 697 g/mol. The first-order chi connectivity index (χ1) is 23.8. The van der Waals surface area contributed by atoms with E-state index in [1.54, 1.807) is 19.1 Å². The molecule has 20 heteroatoms. The van der Waals surface area contributed by atoms with Gasteiger partial charge in [-0.25, -0.2) is 0 Å². The molecule has 0 radical (unpaired) electrons. The highest BCUT2D eigenvalue weighted by Gasteiger charge is 2.31. The number of thioether (sulfide) groups is 2. The van der Waals surface area contributed by atoms with E-state index in [1.165, 1.54) is 23.9 Å². The zero-order valence-electron chi connectivity index (χ0n) is 27.5. The van der Waals surface area contributed by atoms with Crippen LogP contribution in [0.4, 0.5) is 0 Å². The predicted molar refractivity (Wildman–Crippen MR) is 185 cm³/mol. The third-order valence-corrected chi connectivity index (χ3v) is 9.02. The van der Waals surface area contributed by atoms with E-state index in [2.05, 4.69) is 37.2 Å². The van der Waals surface area contributed by atoms with Gasteiger partial charge in [-0.2, -0.15) is 11.8 Å². The van der Waals surface area contributed by atoms with Crippen molar-refractivity contribution in [2.75, 3.05) is 49.2 Å². The lowest BCUT2D eigenvalue weighted by atomic mass is 10.0. The Bertz CT molecular complexity index is 1370. The Hall–Kier alpha value is -4.56. The number of hydrogen-bond donors (Lipinski definition) is 10. The van der Waals surface area contributed by atoms with Crippen LogP contribution in [0.5, 0.6) is 5.75 Å². The average Bonchev–Trinajstić information content (AvgIpc) is 3.06. The van der Waals surface area contributed by atoms with E-state index in [-0.39, 0.29) is 29.4 Å². The van der Waals surface area contributed by atoms with Gasteiger partial charge in [-0.15, -0.1) is 11.8 Å². The fourth-order valence-electron chi connectivity index (χ4n) is 4.35. The smallest absolute Gasteiger partial charge is 0.305 e. The summed E-state index contributed by atoms with van der Waals surface area (Å²) in [7, 11) is 0. The number of benzene rings is 1. The van der Waals surface area contributed by atoms with Crippen molar-refractivity contribution < 1.29 is 48.6 Å². The summed E-state index contributed by atoms with van der Waals surface area (Å²) in [5.74, 6) is -6.71. The van der Waals surface area contributed by atoms with Crippen LogP contribution in [0, 0.1) is 0 Å². The number of hydrogen-bond acceptors (Lipinski definition) is 12. The van der Waals surface area contributed by atoms with Gasteiger partial charge in [0.15, 0.2) is 0 Å². The van der Waals surface area contributed by atoms with E-state index in [0.717, 1.165) is 11.8 Å².